The Hall–Kier alpha value is -3.06. The fourth-order valence-electron chi connectivity index (χ4n) is 2.45. The minimum absolute atomic E-state index is 0.706. The SMILES string of the molecule is c1ccc(Cc2nnc(NCc3ccc(-n4cncn4)cc3)s2)cc1. The molecule has 2 heterocycles. The molecule has 0 atom stereocenters. The van der Waals surface area contributed by atoms with Crippen LogP contribution in [0.5, 0.6) is 0 Å². The van der Waals surface area contributed by atoms with Gasteiger partial charge < -0.3 is 5.32 Å². The van der Waals surface area contributed by atoms with E-state index in [0.717, 1.165) is 22.2 Å². The number of aromatic nitrogens is 5. The van der Waals surface area contributed by atoms with Gasteiger partial charge in [0.05, 0.1) is 5.69 Å². The molecule has 0 aliphatic heterocycles. The Morgan fingerprint density at radius 3 is 2.52 bits per heavy atom. The largest absolute Gasteiger partial charge is 0.356 e. The van der Waals surface area contributed by atoms with E-state index < -0.39 is 0 Å². The Bertz CT molecular complexity index is 916. The van der Waals surface area contributed by atoms with Crippen LogP contribution in [0.15, 0.2) is 67.3 Å². The Balaban J connectivity index is 1.35. The predicted molar refractivity (Wildman–Crippen MR) is 97.8 cm³/mol. The fraction of sp³-hybridized carbons (Fsp3) is 0.111. The summed E-state index contributed by atoms with van der Waals surface area (Å²) in [6, 6.07) is 18.5. The average Bonchev–Trinajstić information content (AvgIpc) is 3.33. The molecular weight excluding hydrogens is 332 g/mol. The van der Waals surface area contributed by atoms with Crippen LogP contribution >= 0.6 is 11.3 Å². The normalized spacial score (nSPS) is 10.7. The van der Waals surface area contributed by atoms with Crippen LogP contribution in [0.4, 0.5) is 5.13 Å². The maximum absolute atomic E-state index is 4.26. The van der Waals surface area contributed by atoms with E-state index in [-0.39, 0.29) is 0 Å². The molecule has 124 valence electrons. The molecule has 4 aromatic rings. The van der Waals surface area contributed by atoms with E-state index in [1.807, 2.05) is 30.3 Å². The molecule has 0 amide bonds. The van der Waals surface area contributed by atoms with Crippen molar-refractivity contribution in [2.45, 2.75) is 13.0 Å². The summed E-state index contributed by atoms with van der Waals surface area (Å²) in [7, 11) is 0. The zero-order valence-electron chi connectivity index (χ0n) is 13.4. The third-order valence-electron chi connectivity index (χ3n) is 3.73. The van der Waals surface area contributed by atoms with E-state index >= 15 is 0 Å². The summed E-state index contributed by atoms with van der Waals surface area (Å²) in [6.45, 7) is 0.706. The Morgan fingerprint density at radius 1 is 0.920 bits per heavy atom. The summed E-state index contributed by atoms with van der Waals surface area (Å²) in [6.07, 6.45) is 4.02. The van der Waals surface area contributed by atoms with Gasteiger partial charge in [-0.25, -0.2) is 9.67 Å². The number of nitrogens with one attached hydrogen (secondary N) is 1. The van der Waals surface area contributed by atoms with Gasteiger partial charge in [-0.1, -0.05) is 53.8 Å². The highest BCUT2D eigenvalue weighted by Crippen LogP contribution is 2.19. The van der Waals surface area contributed by atoms with Gasteiger partial charge in [0.15, 0.2) is 0 Å². The van der Waals surface area contributed by atoms with Gasteiger partial charge in [0.2, 0.25) is 5.13 Å². The summed E-state index contributed by atoms with van der Waals surface area (Å²) in [5, 5.41) is 17.8. The number of rotatable bonds is 6. The van der Waals surface area contributed by atoms with E-state index in [9.17, 15) is 0 Å². The molecular formula is C18H16N6S. The van der Waals surface area contributed by atoms with Crippen molar-refractivity contribution < 1.29 is 0 Å². The minimum atomic E-state index is 0.706. The summed E-state index contributed by atoms with van der Waals surface area (Å²) in [5.41, 5.74) is 3.40. The van der Waals surface area contributed by atoms with Crippen LogP contribution < -0.4 is 5.32 Å². The second-order valence-corrected chi connectivity index (χ2v) is 6.59. The summed E-state index contributed by atoms with van der Waals surface area (Å²) >= 11 is 1.59. The quantitative estimate of drug-likeness (QED) is 0.579. The fourth-order valence-corrected chi connectivity index (χ4v) is 3.22. The van der Waals surface area contributed by atoms with Gasteiger partial charge in [0, 0.05) is 13.0 Å². The highest BCUT2D eigenvalue weighted by molar-refractivity contribution is 7.15. The number of benzene rings is 2. The molecule has 0 radical (unpaired) electrons. The zero-order chi connectivity index (χ0) is 16.9. The lowest BCUT2D eigenvalue weighted by Gasteiger charge is -2.04. The number of hydrogen-bond donors (Lipinski definition) is 1. The number of hydrogen-bond acceptors (Lipinski definition) is 6. The lowest BCUT2D eigenvalue weighted by Crippen LogP contribution is -2.00. The van der Waals surface area contributed by atoms with E-state index in [0.29, 0.717) is 6.54 Å². The van der Waals surface area contributed by atoms with Crippen LogP contribution in [0.3, 0.4) is 0 Å². The van der Waals surface area contributed by atoms with Crippen LogP contribution in [0, 0.1) is 0 Å². The van der Waals surface area contributed by atoms with Crippen molar-refractivity contribution in [1.29, 1.82) is 0 Å². The Labute approximate surface area is 149 Å². The molecule has 2 aromatic carbocycles. The van der Waals surface area contributed by atoms with Gasteiger partial charge in [-0.2, -0.15) is 5.10 Å². The zero-order valence-corrected chi connectivity index (χ0v) is 14.2. The first-order valence-electron chi connectivity index (χ1n) is 7.91. The molecule has 0 spiro atoms. The van der Waals surface area contributed by atoms with Crippen molar-refractivity contribution >= 4 is 16.5 Å². The molecule has 0 unspecified atom stereocenters. The van der Waals surface area contributed by atoms with Crippen LogP contribution in [0.2, 0.25) is 0 Å². The lowest BCUT2D eigenvalue weighted by atomic mass is 10.2. The van der Waals surface area contributed by atoms with Gasteiger partial charge in [-0.05, 0) is 23.3 Å². The lowest BCUT2D eigenvalue weighted by molar-refractivity contribution is 0.877. The predicted octanol–water partition coefficient (Wildman–Crippen LogP) is 3.32. The van der Waals surface area contributed by atoms with Crippen molar-refractivity contribution in [2.24, 2.45) is 0 Å². The van der Waals surface area contributed by atoms with Crippen LogP contribution in [0.1, 0.15) is 16.1 Å². The van der Waals surface area contributed by atoms with Crippen LogP contribution in [-0.2, 0) is 13.0 Å². The molecule has 0 fully saturated rings. The molecule has 2 aromatic heterocycles. The molecule has 0 aliphatic rings. The number of anilines is 1. The van der Waals surface area contributed by atoms with Crippen molar-refractivity contribution in [3.8, 4) is 5.69 Å². The third-order valence-corrected chi connectivity index (χ3v) is 4.61. The van der Waals surface area contributed by atoms with Gasteiger partial charge in [0.25, 0.3) is 0 Å². The van der Waals surface area contributed by atoms with Crippen LogP contribution in [-0.4, -0.2) is 25.0 Å². The van der Waals surface area contributed by atoms with Crippen molar-refractivity contribution in [3.05, 3.63) is 83.4 Å². The Morgan fingerprint density at radius 2 is 1.76 bits per heavy atom. The molecule has 0 aliphatic carbocycles. The molecule has 0 saturated heterocycles. The summed E-state index contributed by atoms with van der Waals surface area (Å²) in [4.78, 5) is 3.95. The second-order valence-electron chi connectivity index (χ2n) is 5.52. The van der Waals surface area contributed by atoms with E-state index in [2.05, 4.69) is 49.9 Å². The van der Waals surface area contributed by atoms with Gasteiger partial charge in [-0.15, -0.1) is 10.2 Å². The van der Waals surface area contributed by atoms with Gasteiger partial charge >= 0.3 is 0 Å². The molecule has 0 bridgehead atoms. The molecule has 6 nitrogen and oxygen atoms in total. The van der Waals surface area contributed by atoms with E-state index in [1.54, 1.807) is 22.3 Å². The third kappa shape index (κ3) is 3.89. The molecule has 25 heavy (non-hydrogen) atoms. The van der Waals surface area contributed by atoms with Crippen molar-refractivity contribution in [3.63, 3.8) is 0 Å². The van der Waals surface area contributed by atoms with Crippen LogP contribution in [0.25, 0.3) is 5.69 Å². The summed E-state index contributed by atoms with van der Waals surface area (Å²) in [5.74, 6) is 0. The minimum Gasteiger partial charge on any atom is -0.356 e. The average molecular weight is 348 g/mol. The Kier molecular flexibility index (Phi) is 4.47. The van der Waals surface area contributed by atoms with Gasteiger partial charge in [0.1, 0.15) is 17.7 Å². The number of nitrogens with zero attached hydrogens (tertiary/aromatic N) is 5. The molecule has 0 saturated carbocycles. The highest BCUT2D eigenvalue weighted by Gasteiger charge is 2.05. The maximum Gasteiger partial charge on any atom is 0.205 e. The van der Waals surface area contributed by atoms with Crippen molar-refractivity contribution in [1.82, 2.24) is 25.0 Å². The first kappa shape index (κ1) is 15.5. The highest BCUT2D eigenvalue weighted by atomic mass is 32.1. The summed E-state index contributed by atoms with van der Waals surface area (Å²) < 4.78 is 1.73. The first-order chi connectivity index (χ1) is 12.4. The first-order valence-corrected chi connectivity index (χ1v) is 8.72. The molecule has 4 rings (SSSR count). The van der Waals surface area contributed by atoms with Crippen molar-refractivity contribution in [2.75, 3.05) is 5.32 Å². The van der Waals surface area contributed by atoms with E-state index in [1.165, 1.54) is 17.5 Å². The second kappa shape index (κ2) is 7.23. The smallest absolute Gasteiger partial charge is 0.205 e. The monoisotopic (exact) mass is 348 g/mol. The molecule has 7 heteroatoms. The van der Waals surface area contributed by atoms with Gasteiger partial charge in [-0.3, -0.25) is 0 Å². The van der Waals surface area contributed by atoms with E-state index in [4.69, 9.17) is 0 Å². The topological polar surface area (TPSA) is 68.5 Å². The molecule has 1 N–H and O–H groups in total. The maximum atomic E-state index is 4.26. The standard InChI is InChI=1S/C18H16N6S/c1-2-4-14(5-3-1)10-17-22-23-18(25-17)20-11-15-6-8-16(9-7-15)24-13-19-12-21-24/h1-9,12-13H,10-11H2,(H,20,23).